The minimum atomic E-state index is -0.329. The number of anilines is 2. The monoisotopic (exact) mass is 339 g/mol. The first-order chi connectivity index (χ1) is 11.8. The zero-order chi connectivity index (χ0) is 18.4. The summed E-state index contributed by atoms with van der Waals surface area (Å²) < 4.78 is 0. The number of rotatable bonds is 5. The minimum absolute atomic E-state index is 0.126. The third kappa shape index (κ3) is 5.76. The van der Waals surface area contributed by atoms with E-state index in [9.17, 15) is 14.4 Å². The molecule has 0 unspecified atom stereocenters. The zero-order valence-corrected chi connectivity index (χ0v) is 14.5. The molecule has 0 heterocycles. The van der Waals surface area contributed by atoms with Gasteiger partial charge < -0.3 is 16.0 Å². The Morgan fingerprint density at radius 3 is 1.88 bits per heavy atom. The van der Waals surface area contributed by atoms with E-state index in [0.717, 1.165) is 11.1 Å². The van der Waals surface area contributed by atoms with Crippen LogP contribution < -0.4 is 16.0 Å². The lowest BCUT2D eigenvalue weighted by atomic mass is 10.1. The summed E-state index contributed by atoms with van der Waals surface area (Å²) in [5.41, 5.74) is 3.75. The first-order valence-electron chi connectivity index (χ1n) is 7.87. The van der Waals surface area contributed by atoms with Crippen LogP contribution >= 0.6 is 0 Å². The predicted molar refractivity (Wildman–Crippen MR) is 97.6 cm³/mol. The standard InChI is InChI=1S/C19H21N3O3/c1-12-8-13(2)10-15(9-12)19(25)20-11-18(24)22-17-6-4-16(5-7-17)21-14(3)23/h4-10H,11H2,1-3H3,(H,20,25)(H,21,23)(H,22,24). The molecule has 0 aliphatic carbocycles. The lowest BCUT2D eigenvalue weighted by Crippen LogP contribution is -2.32. The van der Waals surface area contributed by atoms with Gasteiger partial charge in [0, 0.05) is 23.9 Å². The topological polar surface area (TPSA) is 87.3 Å². The summed E-state index contributed by atoms with van der Waals surface area (Å²) in [6.45, 7) is 5.13. The number of hydrogen-bond donors (Lipinski definition) is 3. The molecule has 0 saturated carbocycles. The van der Waals surface area contributed by atoms with Crippen LogP contribution in [-0.4, -0.2) is 24.3 Å². The molecule has 0 aromatic heterocycles. The first kappa shape index (κ1) is 18.2. The van der Waals surface area contributed by atoms with Crippen molar-refractivity contribution in [2.75, 3.05) is 17.2 Å². The summed E-state index contributed by atoms with van der Waals surface area (Å²) in [5.74, 6) is -0.779. The Hall–Kier alpha value is -3.15. The highest BCUT2D eigenvalue weighted by Gasteiger charge is 2.09. The summed E-state index contributed by atoms with van der Waals surface area (Å²) in [7, 11) is 0. The van der Waals surface area contributed by atoms with Crippen molar-refractivity contribution in [3.8, 4) is 0 Å². The molecule has 0 fully saturated rings. The summed E-state index contributed by atoms with van der Waals surface area (Å²) in [5, 5.41) is 7.93. The van der Waals surface area contributed by atoms with Crippen molar-refractivity contribution in [2.45, 2.75) is 20.8 Å². The van der Waals surface area contributed by atoms with Crippen molar-refractivity contribution in [3.63, 3.8) is 0 Å². The molecule has 130 valence electrons. The van der Waals surface area contributed by atoms with Crippen LogP contribution in [0.1, 0.15) is 28.4 Å². The average molecular weight is 339 g/mol. The van der Waals surface area contributed by atoms with Gasteiger partial charge in [-0.1, -0.05) is 17.2 Å². The molecule has 0 radical (unpaired) electrons. The van der Waals surface area contributed by atoms with Gasteiger partial charge in [0.2, 0.25) is 11.8 Å². The van der Waals surface area contributed by atoms with Crippen molar-refractivity contribution >= 4 is 29.1 Å². The fourth-order valence-corrected chi connectivity index (χ4v) is 2.41. The van der Waals surface area contributed by atoms with E-state index < -0.39 is 0 Å². The van der Waals surface area contributed by atoms with Gasteiger partial charge in [0.05, 0.1) is 6.54 Å². The van der Waals surface area contributed by atoms with Crippen LogP contribution in [0.5, 0.6) is 0 Å². The van der Waals surface area contributed by atoms with E-state index in [2.05, 4.69) is 16.0 Å². The number of amides is 3. The van der Waals surface area contributed by atoms with Gasteiger partial charge in [-0.05, 0) is 50.2 Å². The van der Waals surface area contributed by atoms with Gasteiger partial charge >= 0.3 is 0 Å². The minimum Gasteiger partial charge on any atom is -0.343 e. The van der Waals surface area contributed by atoms with Crippen LogP contribution in [0.15, 0.2) is 42.5 Å². The van der Waals surface area contributed by atoms with Gasteiger partial charge in [-0.2, -0.15) is 0 Å². The summed E-state index contributed by atoms with van der Waals surface area (Å²) in [6, 6.07) is 12.3. The van der Waals surface area contributed by atoms with Crippen molar-refractivity contribution < 1.29 is 14.4 Å². The second kappa shape index (κ2) is 8.10. The Morgan fingerprint density at radius 2 is 1.36 bits per heavy atom. The Kier molecular flexibility index (Phi) is 5.89. The molecular weight excluding hydrogens is 318 g/mol. The number of aryl methyl sites for hydroxylation is 2. The molecule has 0 atom stereocenters. The molecule has 0 bridgehead atoms. The van der Waals surface area contributed by atoms with Gasteiger partial charge in [0.25, 0.3) is 5.91 Å². The molecule has 0 saturated heterocycles. The maximum atomic E-state index is 12.1. The fraction of sp³-hybridized carbons (Fsp3) is 0.211. The normalized spacial score (nSPS) is 10.0. The second-order valence-electron chi connectivity index (χ2n) is 5.87. The molecule has 0 spiro atoms. The molecule has 2 aromatic carbocycles. The molecule has 6 nitrogen and oxygen atoms in total. The summed E-state index contributed by atoms with van der Waals surface area (Å²) in [6.07, 6.45) is 0. The van der Waals surface area contributed by atoms with Crippen LogP contribution in [-0.2, 0) is 9.59 Å². The zero-order valence-electron chi connectivity index (χ0n) is 14.5. The summed E-state index contributed by atoms with van der Waals surface area (Å²) in [4.78, 5) is 35.0. The van der Waals surface area contributed by atoms with Crippen LogP contribution in [0.4, 0.5) is 11.4 Å². The molecule has 6 heteroatoms. The maximum absolute atomic E-state index is 12.1. The highest BCUT2D eigenvalue weighted by Crippen LogP contribution is 2.13. The Balaban J connectivity index is 1.87. The maximum Gasteiger partial charge on any atom is 0.251 e. The van der Waals surface area contributed by atoms with Crippen LogP contribution in [0, 0.1) is 13.8 Å². The number of benzene rings is 2. The van der Waals surface area contributed by atoms with Crippen molar-refractivity contribution in [1.29, 1.82) is 0 Å². The Labute approximate surface area is 146 Å². The van der Waals surface area contributed by atoms with Crippen molar-refractivity contribution in [1.82, 2.24) is 5.32 Å². The van der Waals surface area contributed by atoms with Crippen LogP contribution in [0.3, 0.4) is 0 Å². The number of nitrogens with one attached hydrogen (secondary N) is 3. The predicted octanol–water partition coefficient (Wildman–Crippen LogP) is 2.63. The van der Waals surface area contributed by atoms with Crippen molar-refractivity contribution in [3.05, 3.63) is 59.2 Å². The molecule has 25 heavy (non-hydrogen) atoms. The smallest absolute Gasteiger partial charge is 0.251 e. The van der Waals surface area contributed by atoms with E-state index in [1.165, 1.54) is 6.92 Å². The number of carbonyl (C=O) groups is 3. The fourth-order valence-electron chi connectivity index (χ4n) is 2.41. The van der Waals surface area contributed by atoms with E-state index in [-0.39, 0.29) is 24.3 Å². The molecular formula is C19H21N3O3. The third-order valence-electron chi connectivity index (χ3n) is 3.38. The molecule has 0 aliphatic rings. The first-order valence-corrected chi connectivity index (χ1v) is 7.87. The van der Waals surface area contributed by atoms with Gasteiger partial charge in [-0.15, -0.1) is 0 Å². The van der Waals surface area contributed by atoms with E-state index >= 15 is 0 Å². The second-order valence-corrected chi connectivity index (χ2v) is 5.87. The Bertz CT molecular complexity index is 778. The van der Waals surface area contributed by atoms with Gasteiger partial charge in [0.1, 0.15) is 0 Å². The quantitative estimate of drug-likeness (QED) is 0.782. The molecule has 0 aliphatic heterocycles. The van der Waals surface area contributed by atoms with Gasteiger partial charge in [-0.3, -0.25) is 14.4 Å². The van der Waals surface area contributed by atoms with E-state index in [4.69, 9.17) is 0 Å². The van der Waals surface area contributed by atoms with E-state index in [1.807, 2.05) is 19.9 Å². The third-order valence-corrected chi connectivity index (χ3v) is 3.38. The Morgan fingerprint density at radius 1 is 0.840 bits per heavy atom. The lowest BCUT2D eigenvalue weighted by molar-refractivity contribution is -0.115. The summed E-state index contributed by atoms with van der Waals surface area (Å²) >= 11 is 0. The van der Waals surface area contributed by atoms with Crippen LogP contribution in [0.25, 0.3) is 0 Å². The van der Waals surface area contributed by atoms with Crippen LogP contribution in [0.2, 0.25) is 0 Å². The molecule has 2 rings (SSSR count). The van der Waals surface area contributed by atoms with E-state index in [0.29, 0.717) is 16.9 Å². The lowest BCUT2D eigenvalue weighted by Gasteiger charge is -2.09. The van der Waals surface area contributed by atoms with Crippen molar-refractivity contribution in [2.24, 2.45) is 0 Å². The number of hydrogen-bond acceptors (Lipinski definition) is 3. The average Bonchev–Trinajstić information content (AvgIpc) is 2.53. The largest absolute Gasteiger partial charge is 0.343 e. The van der Waals surface area contributed by atoms with E-state index in [1.54, 1.807) is 36.4 Å². The van der Waals surface area contributed by atoms with Gasteiger partial charge in [0.15, 0.2) is 0 Å². The van der Waals surface area contributed by atoms with Gasteiger partial charge in [-0.25, -0.2) is 0 Å². The highest BCUT2D eigenvalue weighted by atomic mass is 16.2. The highest BCUT2D eigenvalue weighted by molar-refractivity contribution is 5.99. The molecule has 3 amide bonds. The molecule has 3 N–H and O–H groups in total. The SMILES string of the molecule is CC(=O)Nc1ccc(NC(=O)CNC(=O)c2cc(C)cc(C)c2)cc1. The number of carbonyl (C=O) groups excluding carboxylic acids is 3. The molecule has 2 aromatic rings.